The molecule has 4 aromatic heterocycles. The number of aromatic nitrogens is 7. The van der Waals surface area contributed by atoms with E-state index in [1.807, 2.05) is 0 Å². The zero-order valence-corrected chi connectivity index (χ0v) is 25.6. The molecule has 0 amide bonds. The molecule has 0 aromatic carbocycles. The summed E-state index contributed by atoms with van der Waals surface area (Å²) in [5.74, 6) is 0.155. The average Bonchev–Trinajstić information content (AvgIpc) is 3.59. The van der Waals surface area contributed by atoms with Crippen molar-refractivity contribution in [3.05, 3.63) is 52.0 Å². The highest BCUT2D eigenvalue weighted by molar-refractivity contribution is 8.44. The first-order valence-electron chi connectivity index (χ1n) is 12.5. The van der Waals surface area contributed by atoms with Crippen molar-refractivity contribution >= 4 is 65.6 Å². The second-order valence-electron chi connectivity index (χ2n) is 9.64. The molecule has 0 radical (unpaired) electrons. The molecule has 0 aliphatic carbocycles. The number of rotatable bonds is 1. The molecule has 2 aliphatic heterocycles. The van der Waals surface area contributed by atoms with Gasteiger partial charge in [-0.1, -0.05) is 19.2 Å². The lowest BCUT2D eigenvalue weighted by Gasteiger charge is -2.25. The summed E-state index contributed by atoms with van der Waals surface area (Å²) in [7, 11) is 0. The molecule has 2 bridgehead atoms. The van der Waals surface area contributed by atoms with E-state index >= 15 is 0 Å². The maximum atomic E-state index is 13.6. The number of fused-ring (bicyclic) bond motifs is 6. The summed E-state index contributed by atoms with van der Waals surface area (Å²) in [6.07, 6.45) is 0.124. The Hall–Kier alpha value is -2.55. The maximum absolute atomic E-state index is 13.6. The molecule has 20 heteroatoms. The largest absolute Gasteiger partial charge is 0.386 e. The number of nitrogens with one attached hydrogen (secondary N) is 1. The van der Waals surface area contributed by atoms with Crippen molar-refractivity contribution in [2.75, 3.05) is 13.2 Å². The van der Waals surface area contributed by atoms with Crippen molar-refractivity contribution in [1.29, 1.82) is 0 Å². The highest BCUT2D eigenvalue weighted by Gasteiger charge is 2.48. The first kappa shape index (κ1) is 29.5. The van der Waals surface area contributed by atoms with E-state index in [-0.39, 0.29) is 43.2 Å². The summed E-state index contributed by atoms with van der Waals surface area (Å²) in [5.41, 5.74) is 0.982. The van der Waals surface area contributed by atoms with Crippen LogP contribution in [0.4, 0.5) is 5.69 Å². The van der Waals surface area contributed by atoms with Crippen LogP contribution in [0.25, 0.3) is 27.2 Å². The third kappa shape index (κ3) is 5.70. The zero-order chi connectivity index (χ0) is 29.8. The Bertz CT molecular complexity index is 1890. The number of pyridine rings is 1. The van der Waals surface area contributed by atoms with Crippen molar-refractivity contribution in [1.82, 2.24) is 34.1 Å². The van der Waals surface area contributed by atoms with Crippen LogP contribution in [0.15, 0.2) is 23.4 Å². The first-order valence-corrected chi connectivity index (χ1v) is 17.8. The summed E-state index contributed by atoms with van der Waals surface area (Å²) in [6.45, 7) is 2.46. The molecule has 6 rings (SSSR count). The molecule has 0 saturated carbocycles. The molecule has 1 fully saturated rings. The van der Waals surface area contributed by atoms with Gasteiger partial charge in [0.2, 0.25) is 5.69 Å². The third-order valence-corrected chi connectivity index (χ3v) is 10.1. The van der Waals surface area contributed by atoms with Gasteiger partial charge in [0.25, 0.3) is 5.56 Å². The predicted octanol–water partition coefficient (Wildman–Crippen LogP) is 3.16. The number of hydrogen-bond acceptors (Lipinski definition) is 12. The van der Waals surface area contributed by atoms with Crippen molar-refractivity contribution < 1.29 is 32.3 Å². The van der Waals surface area contributed by atoms with Crippen LogP contribution in [0.1, 0.15) is 24.8 Å². The Morgan fingerprint density at radius 3 is 2.86 bits per heavy atom. The van der Waals surface area contributed by atoms with E-state index in [4.69, 9.17) is 41.2 Å². The summed E-state index contributed by atoms with van der Waals surface area (Å²) in [5, 5.41) is 0. The lowest BCUT2D eigenvalue weighted by Crippen LogP contribution is -2.28. The Labute approximate surface area is 248 Å². The van der Waals surface area contributed by atoms with Gasteiger partial charge in [-0.05, 0) is 24.8 Å². The molecule has 222 valence electrons. The van der Waals surface area contributed by atoms with Crippen LogP contribution in [0, 0.1) is 19.4 Å². The van der Waals surface area contributed by atoms with Crippen molar-refractivity contribution in [2.45, 2.75) is 45.4 Å². The van der Waals surface area contributed by atoms with Crippen molar-refractivity contribution in [3.63, 3.8) is 0 Å². The van der Waals surface area contributed by atoms with E-state index in [0.717, 1.165) is 0 Å². The van der Waals surface area contributed by atoms with Gasteiger partial charge in [-0.2, -0.15) is 0 Å². The maximum Gasteiger partial charge on any atom is 0.386 e. The van der Waals surface area contributed by atoms with Crippen LogP contribution in [-0.4, -0.2) is 64.4 Å². The molecular weight excluding hydrogens is 630 g/mol. The number of imidazole rings is 2. The van der Waals surface area contributed by atoms with Crippen LogP contribution in [-0.2, 0) is 52.4 Å². The summed E-state index contributed by atoms with van der Waals surface area (Å²) >= 11 is 9.47. The Morgan fingerprint density at radius 2 is 2.07 bits per heavy atom. The molecule has 2 N–H and O–H groups in total. The standard InChI is InChI=1S/C22H24N8O8P2S2/c1-11-15-8-35-39(32,41)34-5-4-29-16(28-14-6-13(23-3)7-24-19(14)29)9-36-40(33,42)38-18(11)22(37-15)30-10-25-17-20(30)26-12(2)27-21(17)31/h6-7,10-11,15,18,22H,4-5,8-9H2,1-2H3,(H,32,41)(H,33,42)(H,26,27,31)/t11-,15-,18-,22-,39?,40?/m1/s1. The summed E-state index contributed by atoms with van der Waals surface area (Å²) < 4.78 is 45.9. The smallest absolute Gasteiger partial charge is 0.349 e. The quantitative estimate of drug-likeness (QED) is 0.155. The number of aromatic amines is 1. The predicted molar refractivity (Wildman–Crippen MR) is 154 cm³/mol. The van der Waals surface area contributed by atoms with Gasteiger partial charge in [0.15, 0.2) is 23.0 Å². The fourth-order valence-electron chi connectivity index (χ4n) is 4.87. The summed E-state index contributed by atoms with van der Waals surface area (Å²) in [6, 6.07) is 1.56. The highest BCUT2D eigenvalue weighted by atomic mass is 32.7. The number of nitrogens with zero attached hydrogens (tertiary/aromatic N) is 7. The molecule has 2 unspecified atom stereocenters. The third-order valence-electron chi connectivity index (χ3n) is 6.89. The van der Waals surface area contributed by atoms with E-state index in [9.17, 15) is 14.3 Å². The molecular formula is C22H24N8O8P2S2. The van der Waals surface area contributed by atoms with Gasteiger partial charge in [0, 0.05) is 18.7 Å². The van der Waals surface area contributed by atoms with Crippen LogP contribution in [0.3, 0.4) is 0 Å². The summed E-state index contributed by atoms with van der Waals surface area (Å²) in [4.78, 5) is 46.6. The van der Waals surface area contributed by atoms with Gasteiger partial charge < -0.3 is 28.2 Å². The van der Waals surface area contributed by atoms with Gasteiger partial charge in [0.05, 0.1) is 37.7 Å². The Balaban J connectivity index is 1.38. The molecule has 2 aliphatic rings. The van der Waals surface area contributed by atoms with Crippen LogP contribution < -0.4 is 5.56 Å². The SMILES string of the molecule is [C-]#[N+]c1cnc2c(c1)nc1n2CCOP(O)(=S)OC[C@H]2O[C@@H](n3cnc4c(=O)[nH]c(C)nc43)[C@H](OP(=O)(S)OC1)[C@@H]2C. The number of aryl methyl sites for hydroxylation is 1. The number of hydrogen-bond donors (Lipinski definition) is 3. The van der Waals surface area contributed by atoms with Gasteiger partial charge in [-0.25, -0.2) is 29.3 Å². The topological polar surface area (TPSA) is 182 Å². The number of thiol groups is 1. The number of H-pyrrole nitrogens is 1. The molecule has 4 aromatic rings. The Kier molecular flexibility index (Phi) is 7.86. The highest BCUT2D eigenvalue weighted by Crippen LogP contribution is 2.58. The molecule has 42 heavy (non-hydrogen) atoms. The van der Waals surface area contributed by atoms with E-state index in [1.54, 1.807) is 24.5 Å². The van der Waals surface area contributed by atoms with E-state index in [1.165, 1.54) is 17.1 Å². The minimum atomic E-state index is -4.08. The van der Waals surface area contributed by atoms with Gasteiger partial charge in [0.1, 0.15) is 24.4 Å². The lowest BCUT2D eigenvalue weighted by atomic mass is 10.0. The fourth-order valence-corrected chi connectivity index (χ4v) is 7.44. The van der Waals surface area contributed by atoms with E-state index in [2.05, 4.69) is 42.0 Å². The normalized spacial score (nSPS) is 30.9. The van der Waals surface area contributed by atoms with Crippen LogP contribution in [0.5, 0.6) is 0 Å². The van der Waals surface area contributed by atoms with Crippen LogP contribution in [0.2, 0.25) is 0 Å². The molecule has 1 saturated heterocycles. The minimum absolute atomic E-state index is 0.0690. The van der Waals surface area contributed by atoms with Gasteiger partial charge in [-0.15, -0.1) is 0 Å². The minimum Gasteiger partial charge on any atom is -0.349 e. The van der Waals surface area contributed by atoms with E-state index in [0.29, 0.717) is 22.8 Å². The first-order chi connectivity index (χ1) is 19.9. The molecule has 0 spiro atoms. The van der Waals surface area contributed by atoms with Crippen molar-refractivity contribution in [2.24, 2.45) is 5.92 Å². The zero-order valence-electron chi connectivity index (χ0n) is 22.1. The van der Waals surface area contributed by atoms with Gasteiger partial charge in [-0.3, -0.25) is 18.4 Å². The molecule has 6 heterocycles. The number of ether oxygens (including phenoxy) is 1. The van der Waals surface area contributed by atoms with Crippen LogP contribution >= 0.6 is 25.8 Å². The Morgan fingerprint density at radius 1 is 1.26 bits per heavy atom. The second kappa shape index (κ2) is 11.2. The van der Waals surface area contributed by atoms with Crippen molar-refractivity contribution in [3.8, 4) is 0 Å². The molecule has 6 atom stereocenters. The van der Waals surface area contributed by atoms with Gasteiger partial charge >= 0.3 is 13.5 Å². The lowest BCUT2D eigenvalue weighted by molar-refractivity contribution is -0.0447. The monoisotopic (exact) mass is 654 g/mol. The molecule has 16 nitrogen and oxygen atoms in total. The fraction of sp³-hybridized carbons (Fsp3) is 0.455. The van der Waals surface area contributed by atoms with E-state index < -0.39 is 43.4 Å². The second-order valence-corrected chi connectivity index (χ2v) is 15.4. The average molecular weight is 655 g/mol.